The highest BCUT2D eigenvalue weighted by molar-refractivity contribution is 5.76. The molecule has 1 unspecified atom stereocenters. The van der Waals surface area contributed by atoms with E-state index in [-0.39, 0.29) is 5.69 Å². The Kier molecular flexibility index (Phi) is 5.38. The quantitative estimate of drug-likeness (QED) is 0.512. The second kappa shape index (κ2) is 6.80. The van der Waals surface area contributed by atoms with Gasteiger partial charge in [0.2, 0.25) is 0 Å². The highest BCUT2D eigenvalue weighted by atomic mass is 16.6. The molecule has 0 aliphatic rings. The first-order valence-electron chi connectivity index (χ1n) is 5.97. The molecule has 1 aromatic carbocycles. The van der Waals surface area contributed by atoms with Gasteiger partial charge in [-0.25, -0.2) is 0 Å². The van der Waals surface area contributed by atoms with Gasteiger partial charge in [0.05, 0.1) is 11.0 Å². The van der Waals surface area contributed by atoms with E-state index in [4.69, 9.17) is 0 Å². The Morgan fingerprint density at radius 2 is 2.11 bits per heavy atom. The molecule has 100 valence electrons. The molecule has 0 fully saturated rings. The van der Waals surface area contributed by atoms with Gasteiger partial charge in [0.15, 0.2) is 0 Å². The Hall–Kier alpha value is -1.82. The molecule has 0 aromatic heterocycles. The Labute approximate surface area is 106 Å². The minimum absolute atomic E-state index is 0.00342. The number of nitrogens with zero attached hydrogens (tertiary/aromatic N) is 1. The van der Waals surface area contributed by atoms with Crippen molar-refractivity contribution in [1.29, 1.82) is 0 Å². The first kappa shape index (κ1) is 14.2. The van der Waals surface area contributed by atoms with Gasteiger partial charge < -0.3 is 15.7 Å². The number of para-hydroxylation sites is 1. The Morgan fingerprint density at radius 1 is 1.44 bits per heavy atom. The van der Waals surface area contributed by atoms with Crippen LogP contribution in [0.2, 0.25) is 0 Å². The lowest BCUT2D eigenvalue weighted by atomic mass is 10.2. The lowest BCUT2D eigenvalue weighted by Crippen LogP contribution is -2.19. The van der Waals surface area contributed by atoms with Crippen LogP contribution in [0.1, 0.15) is 19.8 Å². The van der Waals surface area contributed by atoms with Crippen LogP contribution in [0, 0.1) is 10.1 Å². The van der Waals surface area contributed by atoms with E-state index in [0.717, 1.165) is 6.42 Å². The molecule has 0 saturated carbocycles. The van der Waals surface area contributed by atoms with Crippen LogP contribution in [0.15, 0.2) is 18.2 Å². The third-order valence-corrected chi connectivity index (χ3v) is 2.64. The van der Waals surface area contributed by atoms with Gasteiger partial charge in [-0.2, -0.15) is 0 Å². The molecule has 0 radical (unpaired) electrons. The average Bonchev–Trinajstić information content (AvgIpc) is 2.35. The predicted molar refractivity (Wildman–Crippen MR) is 72.0 cm³/mol. The van der Waals surface area contributed by atoms with Gasteiger partial charge in [-0.1, -0.05) is 19.4 Å². The largest absolute Gasteiger partial charge is 0.391 e. The van der Waals surface area contributed by atoms with Gasteiger partial charge >= 0.3 is 5.69 Å². The monoisotopic (exact) mass is 253 g/mol. The summed E-state index contributed by atoms with van der Waals surface area (Å²) in [5.41, 5.74) is 0.876. The van der Waals surface area contributed by atoms with E-state index in [1.54, 1.807) is 25.2 Å². The number of nitrogens with one attached hydrogen (secondary N) is 2. The summed E-state index contributed by atoms with van der Waals surface area (Å²) < 4.78 is 0. The minimum Gasteiger partial charge on any atom is -0.391 e. The maximum atomic E-state index is 11.0. The molecule has 3 N–H and O–H groups in total. The summed E-state index contributed by atoms with van der Waals surface area (Å²) in [5.74, 6) is 0. The maximum absolute atomic E-state index is 11.0. The van der Waals surface area contributed by atoms with Crippen LogP contribution in [-0.4, -0.2) is 29.7 Å². The van der Waals surface area contributed by atoms with Crippen molar-refractivity contribution in [1.82, 2.24) is 0 Å². The molecular weight excluding hydrogens is 234 g/mol. The van der Waals surface area contributed by atoms with Crippen LogP contribution in [0.25, 0.3) is 0 Å². The summed E-state index contributed by atoms with van der Waals surface area (Å²) in [7, 11) is 1.64. The third-order valence-electron chi connectivity index (χ3n) is 2.64. The zero-order chi connectivity index (χ0) is 13.5. The number of rotatable bonds is 7. The van der Waals surface area contributed by atoms with Crippen LogP contribution >= 0.6 is 0 Å². The SMILES string of the molecule is CCCC(O)CNc1cccc(NC)c1[N+](=O)[O-]. The zero-order valence-corrected chi connectivity index (χ0v) is 10.6. The molecular formula is C12H19N3O3. The predicted octanol–water partition coefficient (Wildman–Crippen LogP) is 2.21. The Bertz CT molecular complexity index is 410. The van der Waals surface area contributed by atoms with E-state index in [9.17, 15) is 15.2 Å². The summed E-state index contributed by atoms with van der Waals surface area (Å²) in [5, 5.41) is 26.4. The fraction of sp³-hybridized carbons (Fsp3) is 0.500. The average molecular weight is 253 g/mol. The number of hydrogen-bond acceptors (Lipinski definition) is 5. The van der Waals surface area contributed by atoms with Gasteiger partial charge in [0.1, 0.15) is 11.4 Å². The molecule has 6 heteroatoms. The van der Waals surface area contributed by atoms with Crippen LogP contribution in [-0.2, 0) is 0 Å². The Morgan fingerprint density at radius 3 is 2.67 bits per heavy atom. The second-order valence-corrected chi connectivity index (χ2v) is 4.03. The fourth-order valence-electron chi connectivity index (χ4n) is 1.75. The van der Waals surface area contributed by atoms with E-state index < -0.39 is 11.0 Å². The number of anilines is 2. The van der Waals surface area contributed by atoms with E-state index in [1.807, 2.05) is 6.92 Å². The lowest BCUT2D eigenvalue weighted by molar-refractivity contribution is -0.383. The maximum Gasteiger partial charge on any atom is 0.315 e. The van der Waals surface area contributed by atoms with Crippen molar-refractivity contribution in [3.63, 3.8) is 0 Å². The summed E-state index contributed by atoms with van der Waals surface area (Å²) in [6, 6.07) is 5.01. The van der Waals surface area contributed by atoms with Crippen LogP contribution in [0.4, 0.5) is 17.1 Å². The van der Waals surface area contributed by atoms with Gasteiger partial charge in [0.25, 0.3) is 0 Å². The first-order valence-corrected chi connectivity index (χ1v) is 5.97. The standard InChI is InChI=1S/C12H19N3O3/c1-3-5-9(16)8-14-11-7-4-6-10(13-2)12(11)15(17)18/h4,6-7,9,13-14,16H,3,5,8H2,1-2H3. The molecule has 6 nitrogen and oxygen atoms in total. The zero-order valence-electron chi connectivity index (χ0n) is 10.6. The highest BCUT2D eigenvalue weighted by Crippen LogP contribution is 2.32. The van der Waals surface area contributed by atoms with Gasteiger partial charge in [-0.05, 0) is 18.6 Å². The number of aliphatic hydroxyl groups excluding tert-OH is 1. The van der Waals surface area contributed by atoms with E-state index in [2.05, 4.69) is 10.6 Å². The van der Waals surface area contributed by atoms with E-state index in [1.165, 1.54) is 0 Å². The molecule has 0 aliphatic heterocycles. The van der Waals surface area contributed by atoms with Crippen molar-refractivity contribution in [3.05, 3.63) is 28.3 Å². The second-order valence-electron chi connectivity index (χ2n) is 4.03. The fourth-order valence-corrected chi connectivity index (χ4v) is 1.75. The summed E-state index contributed by atoms with van der Waals surface area (Å²) >= 11 is 0. The summed E-state index contributed by atoms with van der Waals surface area (Å²) in [4.78, 5) is 10.6. The van der Waals surface area contributed by atoms with Crippen molar-refractivity contribution in [2.75, 3.05) is 24.2 Å². The molecule has 0 heterocycles. The summed E-state index contributed by atoms with van der Waals surface area (Å²) in [6.07, 6.45) is 1.06. The van der Waals surface area contributed by atoms with E-state index >= 15 is 0 Å². The molecule has 0 saturated heterocycles. The van der Waals surface area contributed by atoms with Gasteiger partial charge in [0, 0.05) is 13.6 Å². The molecule has 0 spiro atoms. The van der Waals surface area contributed by atoms with Crippen LogP contribution < -0.4 is 10.6 Å². The topological polar surface area (TPSA) is 87.4 Å². The van der Waals surface area contributed by atoms with Crippen molar-refractivity contribution >= 4 is 17.1 Å². The van der Waals surface area contributed by atoms with Crippen LogP contribution in [0.3, 0.4) is 0 Å². The number of nitro groups is 1. The molecule has 18 heavy (non-hydrogen) atoms. The summed E-state index contributed by atoms with van der Waals surface area (Å²) in [6.45, 7) is 2.29. The molecule has 1 aromatic rings. The van der Waals surface area contributed by atoms with Crippen molar-refractivity contribution in [2.24, 2.45) is 0 Å². The molecule has 1 atom stereocenters. The third kappa shape index (κ3) is 3.59. The molecule has 1 rings (SSSR count). The lowest BCUT2D eigenvalue weighted by Gasteiger charge is -2.13. The van der Waals surface area contributed by atoms with Crippen LogP contribution in [0.5, 0.6) is 0 Å². The Balaban J connectivity index is 2.85. The molecule has 0 aliphatic carbocycles. The number of benzene rings is 1. The smallest absolute Gasteiger partial charge is 0.315 e. The van der Waals surface area contributed by atoms with Gasteiger partial charge in [-0.3, -0.25) is 10.1 Å². The van der Waals surface area contributed by atoms with E-state index in [0.29, 0.717) is 24.3 Å². The van der Waals surface area contributed by atoms with Crippen molar-refractivity contribution in [2.45, 2.75) is 25.9 Å². The number of aliphatic hydroxyl groups is 1. The number of hydrogen-bond donors (Lipinski definition) is 3. The van der Waals surface area contributed by atoms with Crippen molar-refractivity contribution < 1.29 is 10.0 Å². The van der Waals surface area contributed by atoms with Crippen molar-refractivity contribution in [3.8, 4) is 0 Å². The first-order chi connectivity index (χ1) is 8.60. The molecule has 0 amide bonds. The minimum atomic E-state index is -0.493. The van der Waals surface area contributed by atoms with Gasteiger partial charge in [-0.15, -0.1) is 0 Å². The highest BCUT2D eigenvalue weighted by Gasteiger charge is 2.19. The molecule has 0 bridgehead atoms. The normalized spacial score (nSPS) is 11.9. The number of nitro benzene ring substituents is 1.